The molecule has 0 saturated carbocycles. The van der Waals surface area contributed by atoms with Crippen LogP contribution < -0.4 is 10.3 Å². The van der Waals surface area contributed by atoms with Crippen molar-refractivity contribution in [2.45, 2.75) is 39.8 Å². The lowest BCUT2D eigenvalue weighted by Gasteiger charge is -2.11. The summed E-state index contributed by atoms with van der Waals surface area (Å²) in [4.78, 5) is 14.6. The van der Waals surface area contributed by atoms with Gasteiger partial charge in [-0.15, -0.1) is 0 Å². The fourth-order valence-electron chi connectivity index (χ4n) is 3.31. The number of H-pyrrole nitrogens is 1. The highest BCUT2D eigenvalue weighted by Gasteiger charge is 2.14. The van der Waals surface area contributed by atoms with E-state index in [1.54, 1.807) is 6.07 Å². The first-order valence-corrected chi connectivity index (χ1v) is 7.93. The molecule has 3 aromatic rings. The minimum Gasteiger partial charge on any atom is -0.487 e. The largest absolute Gasteiger partial charge is 0.487 e. The first-order chi connectivity index (χ1) is 11.1. The maximum absolute atomic E-state index is 11.7. The maximum atomic E-state index is 11.7. The lowest BCUT2D eigenvalue weighted by Crippen LogP contribution is -2.07. The van der Waals surface area contributed by atoms with E-state index < -0.39 is 0 Å². The Morgan fingerprint density at radius 2 is 2.17 bits per heavy atom. The van der Waals surface area contributed by atoms with E-state index in [9.17, 15) is 4.79 Å². The molecule has 0 spiro atoms. The summed E-state index contributed by atoms with van der Waals surface area (Å²) < 4.78 is 8.01. The summed E-state index contributed by atoms with van der Waals surface area (Å²) in [6.45, 7) is 5.37. The van der Waals surface area contributed by atoms with E-state index in [4.69, 9.17) is 4.74 Å². The Labute approximate surface area is 133 Å². The van der Waals surface area contributed by atoms with Gasteiger partial charge in [-0.2, -0.15) is 5.10 Å². The molecular weight excluding hydrogens is 290 g/mol. The van der Waals surface area contributed by atoms with Crippen molar-refractivity contribution in [2.75, 3.05) is 0 Å². The molecule has 0 bridgehead atoms. The van der Waals surface area contributed by atoms with Crippen molar-refractivity contribution in [3.63, 3.8) is 0 Å². The molecule has 0 fully saturated rings. The summed E-state index contributed by atoms with van der Waals surface area (Å²) >= 11 is 0. The molecule has 3 heterocycles. The monoisotopic (exact) mass is 309 g/mol. The Balaban J connectivity index is 1.63. The van der Waals surface area contributed by atoms with Crippen molar-refractivity contribution >= 4 is 10.9 Å². The first kappa shape index (κ1) is 14.1. The van der Waals surface area contributed by atoms with E-state index in [1.807, 2.05) is 26.0 Å². The van der Waals surface area contributed by atoms with Gasteiger partial charge in [-0.25, -0.2) is 0 Å². The Morgan fingerprint density at radius 3 is 3.00 bits per heavy atom. The number of nitrogens with zero attached hydrogens (tertiary/aromatic N) is 2. The molecule has 5 heteroatoms. The molecule has 0 aliphatic carbocycles. The first-order valence-electron chi connectivity index (χ1n) is 7.93. The fraction of sp³-hybridized carbons (Fsp3) is 0.333. The Hall–Kier alpha value is -2.56. The molecule has 1 aliphatic heterocycles. The van der Waals surface area contributed by atoms with Gasteiger partial charge in [0.1, 0.15) is 18.1 Å². The molecule has 23 heavy (non-hydrogen) atoms. The number of aromatic nitrogens is 3. The number of pyridine rings is 1. The SMILES string of the molecule is Cc1cc(=O)[nH]c2c(C)c(OCc3cc4n(n3)CCC4)ccc12. The van der Waals surface area contributed by atoms with Gasteiger partial charge < -0.3 is 9.72 Å². The number of ether oxygens (including phenoxy) is 1. The highest BCUT2D eigenvalue weighted by atomic mass is 16.5. The van der Waals surface area contributed by atoms with Crippen molar-refractivity contribution < 1.29 is 4.74 Å². The molecule has 118 valence electrons. The molecule has 5 nitrogen and oxygen atoms in total. The molecule has 1 N–H and O–H groups in total. The Bertz CT molecular complexity index is 931. The van der Waals surface area contributed by atoms with Crippen LogP contribution in [-0.2, 0) is 19.6 Å². The van der Waals surface area contributed by atoms with Crippen LogP contribution >= 0.6 is 0 Å². The number of benzene rings is 1. The van der Waals surface area contributed by atoms with Crippen molar-refractivity contribution in [3.05, 3.63) is 57.1 Å². The van der Waals surface area contributed by atoms with Crippen LogP contribution in [0, 0.1) is 13.8 Å². The van der Waals surface area contributed by atoms with Gasteiger partial charge in [0.05, 0.1) is 5.52 Å². The van der Waals surface area contributed by atoms with Crippen LogP contribution in [0.25, 0.3) is 10.9 Å². The number of aromatic amines is 1. The number of fused-ring (bicyclic) bond motifs is 2. The van der Waals surface area contributed by atoms with Gasteiger partial charge in [-0.1, -0.05) is 0 Å². The molecule has 0 amide bonds. The van der Waals surface area contributed by atoms with Crippen molar-refractivity contribution in [1.29, 1.82) is 0 Å². The molecular formula is C18H19N3O2. The molecule has 2 aromatic heterocycles. The smallest absolute Gasteiger partial charge is 0.248 e. The lowest BCUT2D eigenvalue weighted by atomic mass is 10.1. The Kier molecular flexibility index (Phi) is 3.22. The van der Waals surface area contributed by atoms with Crippen molar-refractivity contribution in [2.24, 2.45) is 0 Å². The average molecular weight is 309 g/mol. The zero-order valence-corrected chi connectivity index (χ0v) is 13.3. The molecule has 0 atom stereocenters. The predicted molar refractivity (Wildman–Crippen MR) is 88.9 cm³/mol. The topological polar surface area (TPSA) is 59.9 Å². The minimum absolute atomic E-state index is 0.0826. The number of hydrogen-bond acceptors (Lipinski definition) is 3. The zero-order chi connectivity index (χ0) is 16.0. The van der Waals surface area contributed by atoms with Gasteiger partial charge in [0.25, 0.3) is 0 Å². The summed E-state index contributed by atoms with van der Waals surface area (Å²) in [5.41, 5.74) is 4.94. The number of rotatable bonds is 3. The zero-order valence-electron chi connectivity index (χ0n) is 13.3. The highest BCUT2D eigenvalue weighted by molar-refractivity contribution is 5.86. The molecule has 0 radical (unpaired) electrons. The normalized spacial score (nSPS) is 13.5. The number of hydrogen-bond donors (Lipinski definition) is 1. The summed E-state index contributed by atoms with van der Waals surface area (Å²) in [5.74, 6) is 0.784. The van der Waals surface area contributed by atoms with Gasteiger partial charge in [-0.05, 0) is 50.5 Å². The third-order valence-electron chi connectivity index (χ3n) is 4.53. The van der Waals surface area contributed by atoms with E-state index >= 15 is 0 Å². The van der Waals surface area contributed by atoms with E-state index in [-0.39, 0.29) is 5.56 Å². The highest BCUT2D eigenvalue weighted by Crippen LogP contribution is 2.27. The van der Waals surface area contributed by atoms with Crippen molar-refractivity contribution in [3.8, 4) is 5.75 Å². The van der Waals surface area contributed by atoms with Crippen LogP contribution in [0.4, 0.5) is 0 Å². The predicted octanol–water partition coefficient (Wildman–Crippen LogP) is 2.87. The fourth-order valence-corrected chi connectivity index (χ4v) is 3.31. The third kappa shape index (κ3) is 2.42. The standard InChI is InChI=1S/C18H19N3O2/c1-11-8-17(22)19-18-12(2)16(6-5-15(11)18)23-10-13-9-14-4-3-7-21(14)20-13/h5-6,8-9H,3-4,7,10H2,1-2H3,(H,19,22). The molecule has 1 aliphatic rings. The van der Waals surface area contributed by atoms with Crippen LogP contribution in [0.1, 0.15) is 28.9 Å². The number of nitrogens with one attached hydrogen (secondary N) is 1. The van der Waals surface area contributed by atoms with Crippen LogP contribution in [0.15, 0.2) is 29.1 Å². The molecule has 4 rings (SSSR count). The van der Waals surface area contributed by atoms with Gasteiger partial charge in [0.15, 0.2) is 0 Å². The summed E-state index contributed by atoms with van der Waals surface area (Å²) in [7, 11) is 0. The van der Waals surface area contributed by atoms with Crippen LogP contribution in [0.5, 0.6) is 5.75 Å². The van der Waals surface area contributed by atoms with E-state index in [0.29, 0.717) is 6.61 Å². The van der Waals surface area contributed by atoms with Crippen LogP contribution in [-0.4, -0.2) is 14.8 Å². The Morgan fingerprint density at radius 1 is 1.30 bits per heavy atom. The van der Waals surface area contributed by atoms with E-state index in [2.05, 4.69) is 20.8 Å². The summed E-state index contributed by atoms with van der Waals surface area (Å²) in [6, 6.07) is 7.70. The second-order valence-electron chi connectivity index (χ2n) is 6.17. The lowest BCUT2D eigenvalue weighted by molar-refractivity contribution is 0.298. The molecule has 1 aromatic carbocycles. The van der Waals surface area contributed by atoms with E-state index in [1.165, 1.54) is 12.1 Å². The summed E-state index contributed by atoms with van der Waals surface area (Å²) in [5, 5.41) is 5.61. The number of aryl methyl sites for hydroxylation is 4. The van der Waals surface area contributed by atoms with Crippen molar-refractivity contribution in [1.82, 2.24) is 14.8 Å². The second-order valence-corrected chi connectivity index (χ2v) is 6.17. The maximum Gasteiger partial charge on any atom is 0.248 e. The average Bonchev–Trinajstić information content (AvgIpc) is 3.08. The third-order valence-corrected chi connectivity index (χ3v) is 4.53. The minimum atomic E-state index is -0.0826. The van der Waals surface area contributed by atoms with Gasteiger partial charge in [0.2, 0.25) is 5.56 Å². The van der Waals surface area contributed by atoms with E-state index in [0.717, 1.165) is 46.4 Å². The van der Waals surface area contributed by atoms with Gasteiger partial charge in [0, 0.05) is 29.3 Å². The van der Waals surface area contributed by atoms with Crippen LogP contribution in [0.2, 0.25) is 0 Å². The summed E-state index contributed by atoms with van der Waals surface area (Å²) in [6.07, 6.45) is 2.28. The quantitative estimate of drug-likeness (QED) is 0.809. The van der Waals surface area contributed by atoms with Gasteiger partial charge >= 0.3 is 0 Å². The molecule has 0 saturated heterocycles. The second kappa shape index (κ2) is 5.26. The molecule has 0 unspecified atom stereocenters. The van der Waals surface area contributed by atoms with Crippen LogP contribution in [0.3, 0.4) is 0 Å². The van der Waals surface area contributed by atoms with Gasteiger partial charge in [-0.3, -0.25) is 9.48 Å².